The number of urea groups is 1. The third-order valence-corrected chi connectivity index (χ3v) is 5.35. The molecule has 142 valence electrons. The van der Waals surface area contributed by atoms with E-state index in [4.69, 9.17) is 4.74 Å². The molecule has 1 fully saturated rings. The second-order valence-electron chi connectivity index (χ2n) is 6.89. The first-order chi connectivity index (χ1) is 13.0. The van der Waals surface area contributed by atoms with Gasteiger partial charge in [-0.15, -0.1) is 0 Å². The van der Waals surface area contributed by atoms with Gasteiger partial charge in [-0.25, -0.2) is 9.59 Å². The van der Waals surface area contributed by atoms with Crippen LogP contribution in [0, 0.1) is 6.92 Å². The molecular formula is C19H23N5O3. The van der Waals surface area contributed by atoms with Gasteiger partial charge < -0.3 is 15.0 Å². The van der Waals surface area contributed by atoms with Crippen molar-refractivity contribution in [3.63, 3.8) is 0 Å². The summed E-state index contributed by atoms with van der Waals surface area (Å²) in [7, 11) is 1.88. The number of nitrogens with zero attached hydrogens (tertiary/aromatic N) is 4. The molecule has 8 heteroatoms. The smallest absolute Gasteiger partial charge is 0.414 e. The monoisotopic (exact) mass is 369 g/mol. The van der Waals surface area contributed by atoms with Crippen molar-refractivity contribution in [1.82, 2.24) is 20.0 Å². The summed E-state index contributed by atoms with van der Waals surface area (Å²) in [6.45, 7) is 4.58. The molecule has 1 saturated heterocycles. The van der Waals surface area contributed by atoms with Crippen molar-refractivity contribution in [3.05, 3.63) is 46.8 Å². The van der Waals surface area contributed by atoms with Crippen LogP contribution in [0.4, 0.5) is 15.3 Å². The van der Waals surface area contributed by atoms with Gasteiger partial charge in [-0.05, 0) is 30.5 Å². The van der Waals surface area contributed by atoms with Crippen molar-refractivity contribution in [2.45, 2.75) is 26.4 Å². The number of carbonyl (C=O) groups excluding carboxylic acids is 2. The van der Waals surface area contributed by atoms with E-state index in [0.717, 1.165) is 28.1 Å². The van der Waals surface area contributed by atoms with Crippen LogP contribution in [0.1, 0.15) is 22.4 Å². The van der Waals surface area contributed by atoms with Crippen molar-refractivity contribution in [3.8, 4) is 0 Å². The van der Waals surface area contributed by atoms with Crippen LogP contribution >= 0.6 is 0 Å². The molecule has 3 amide bonds. The molecule has 0 unspecified atom stereocenters. The molecule has 1 aromatic heterocycles. The quantitative estimate of drug-likeness (QED) is 0.897. The van der Waals surface area contributed by atoms with Crippen LogP contribution in [0.15, 0.2) is 24.4 Å². The van der Waals surface area contributed by atoms with E-state index in [1.807, 2.05) is 32.2 Å². The average molecular weight is 369 g/mol. The van der Waals surface area contributed by atoms with Crippen LogP contribution in [-0.2, 0) is 31.3 Å². The summed E-state index contributed by atoms with van der Waals surface area (Å²) in [5, 5.41) is 7.18. The lowest BCUT2D eigenvalue weighted by molar-refractivity contribution is 0.180. The fraction of sp³-hybridized carbons (Fsp3) is 0.421. The second-order valence-corrected chi connectivity index (χ2v) is 6.89. The second kappa shape index (κ2) is 6.94. The maximum atomic E-state index is 12.6. The number of fused-ring (bicyclic) bond motifs is 1. The highest BCUT2D eigenvalue weighted by Gasteiger charge is 2.29. The Bertz CT molecular complexity index is 891. The number of amides is 3. The lowest BCUT2D eigenvalue weighted by atomic mass is 9.97. The van der Waals surface area contributed by atoms with Crippen molar-refractivity contribution in [1.29, 1.82) is 0 Å². The van der Waals surface area contributed by atoms with E-state index in [-0.39, 0.29) is 12.1 Å². The van der Waals surface area contributed by atoms with E-state index in [9.17, 15) is 9.59 Å². The topological polar surface area (TPSA) is 79.7 Å². The molecular weight excluding hydrogens is 346 g/mol. The summed E-state index contributed by atoms with van der Waals surface area (Å²) in [5.74, 6) is 0. The van der Waals surface area contributed by atoms with Crippen LogP contribution in [0.3, 0.4) is 0 Å². The molecule has 1 N–H and O–H groups in total. The molecule has 0 bridgehead atoms. The van der Waals surface area contributed by atoms with E-state index in [0.29, 0.717) is 39.2 Å². The molecule has 27 heavy (non-hydrogen) atoms. The number of aromatic nitrogens is 2. The number of cyclic esters (lactones) is 1. The zero-order chi connectivity index (χ0) is 19.0. The fourth-order valence-corrected chi connectivity index (χ4v) is 3.63. The Morgan fingerprint density at radius 3 is 2.89 bits per heavy atom. The van der Waals surface area contributed by atoms with Crippen molar-refractivity contribution < 1.29 is 14.3 Å². The first-order valence-electron chi connectivity index (χ1n) is 9.10. The first-order valence-corrected chi connectivity index (χ1v) is 9.10. The normalized spacial score (nSPS) is 16.3. The standard InChI is InChI=1S/C19H23N5O3/c1-13-15(11-21-22(13)2)10-20-18(25)23-7-6-16-14(12-23)4-3-5-17(16)24-8-9-27-19(24)26/h3-5,11H,6-10,12H2,1-2H3,(H,20,25). The third kappa shape index (κ3) is 3.22. The Kier molecular flexibility index (Phi) is 4.47. The number of nitrogens with one attached hydrogen (secondary N) is 1. The molecule has 0 aliphatic carbocycles. The first kappa shape index (κ1) is 17.4. The SMILES string of the molecule is Cc1c(CNC(=O)N2CCc3c(cccc3N3CCOC3=O)C2)cnn1C. The summed E-state index contributed by atoms with van der Waals surface area (Å²) < 4.78 is 6.86. The summed E-state index contributed by atoms with van der Waals surface area (Å²) in [6, 6.07) is 5.81. The van der Waals surface area contributed by atoms with Gasteiger partial charge in [0.05, 0.1) is 18.4 Å². The molecule has 2 aromatic rings. The number of benzene rings is 1. The molecule has 1 aromatic carbocycles. The summed E-state index contributed by atoms with van der Waals surface area (Å²) >= 11 is 0. The fourth-order valence-electron chi connectivity index (χ4n) is 3.63. The third-order valence-electron chi connectivity index (χ3n) is 5.35. The van der Waals surface area contributed by atoms with Gasteiger partial charge in [0, 0.05) is 37.9 Å². The van der Waals surface area contributed by atoms with Gasteiger partial charge in [0.2, 0.25) is 0 Å². The Labute approximate surface area is 157 Å². The zero-order valence-electron chi connectivity index (χ0n) is 15.6. The summed E-state index contributed by atoms with van der Waals surface area (Å²) in [5.41, 5.74) is 5.16. The van der Waals surface area contributed by atoms with E-state index in [1.54, 1.807) is 20.7 Å². The summed E-state index contributed by atoms with van der Waals surface area (Å²) in [4.78, 5) is 28.0. The van der Waals surface area contributed by atoms with Crippen molar-refractivity contribution >= 4 is 17.8 Å². The van der Waals surface area contributed by atoms with E-state index < -0.39 is 0 Å². The number of rotatable bonds is 3. The van der Waals surface area contributed by atoms with Crippen LogP contribution in [0.5, 0.6) is 0 Å². The molecule has 2 aliphatic heterocycles. The number of ether oxygens (including phenoxy) is 1. The molecule has 0 spiro atoms. The maximum Gasteiger partial charge on any atom is 0.414 e. The van der Waals surface area contributed by atoms with Gasteiger partial charge >= 0.3 is 12.1 Å². The van der Waals surface area contributed by atoms with Crippen LogP contribution in [0.2, 0.25) is 0 Å². The highest BCUT2D eigenvalue weighted by atomic mass is 16.6. The van der Waals surface area contributed by atoms with Gasteiger partial charge in [0.15, 0.2) is 0 Å². The Morgan fingerprint density at radius 1 is 1.33 bits per heavy atom. The summed E-state index contributed by atoms with van der Waals surface area (Å²) in [6.07, 6.45) is 2.20. The predicted molar refractivity (Wildman–Crippen MR) is 99.4 cm³/mol. The molecule has 3 heterocycles. The molecule has 0 saturated carbocycles. The Balaban J connectivity index is 1.44. The number of aryl methyl sites for hydroxylation is 1. The highest BCUT2D eigenvalue weighted by Crippen LogP contribution is 2.30. The minimum Gasteiger partial charge on any atom is -0.447 e. The van der Waals surface area contributed by atoms with Gasteiger partial charge in [-0.3, -0.25) is 9.58 Å². The lowest BCUT2D eigenvalue weighted by Gasteiger charge is -2.31. The predicted octanol–water partition coefficient (Wildman–Crippen LogP) is 1.95. The number of carbonyl (C=O) groups is 2. The number of anilines is 1. The molecule has 0 radical (unpaired) electrons. The molecule has 8 nitrogen and oxygen atoms in total. The lowest BCUT2D eigenvalue weighted by Crippen LogP contribution is -2.43. The van der Waals surface area contributed by atoms with E-state index >= 15 is 0 Å². The highest BCUT2D eigenvalue weighted by molar-refractivity contribution is 5.90. The average Bonchev–Trinajstić information content (AvgIpc) is 3.24. The van der Waals surface area contributed by atoms with E-state index in [2.05, 4.69) is 10.4 Å². The van der Waals surface area contributed by atoms with Gasteiger partial charge in [-0.2, -0.15) is 5.10 Å². The van der Waals surface area contributed by atoms with Crippen molar-refractivity contribution in [2.75, 3.05) is 24.6 Å². The Hall–Kier alpha value is -3.03. The number of hydrogen-bond donors (Lipinski definition) is 1. The molecule has 4 rings (SSSR count). The van der Waals surface area contributed by atoms with Gasteiger partial charge in [0.1, 0.15) is 6.61 Å². The number of hydrogen-bond acceptors (Lipinski definition) is 4. The zero-order valence-corrected chi connectivity index (χ0v) is 15.6. The van der Waals surface area contributed by atoms with Gasteiger partial charge in [-0.1, -0.05) is 12.1 Å². The van der Waals surface area contributed by atoms with Gasteiger partial charge in [0.25, 0.3) is 0 Å². The van der Waals surface area contributed by atoms with Crippen molar-refractivity contribution in [2.24, 2.45) is 7.05 Å². The minimum absolute atomic E-state index is 0.0881. The minimum atomic E-state index is -0.296. The Morgan fingerprint density at radius 2 is 2.19 bits per heavy atom. The van der Waals surface area contributed by atoms with E-state index in [1.165, 1.54) is 0 Å². The molecule has 2 aliphatic rings. The van der Waals surface area contributed by atoms with Crippen LogP contribution < -0.4 is 10.2 Å². The van der Waals surface area contributed by atoms with Crippen LogP contribution in [-0.4, -0.2) is 46.5 Å². The molecule has 0 atom stereocenters. The largest absolute Gasteiger partial charge is 0.447 e. The maximum absolute atomic E-state index is 12.6. The van der Waals surface area contributed by atoms with Crippen LogP contribution in [0.25, 0.3) is 0 Å².